The number of imidazole rings is 1. The SMILES string of the molecule is Fc1cc2[nH]c(C3CC3c3ccccc3)nc2cc1Br. The number of rotatable bonds is 2. The molecule has 100 valence electrons. The Morgan fingerprint density at radius 2 is 1.95 bits per heavy atom. The highest BCUT2D eigenvalue weighted by atomic mass is 79.9. The van der Waals surface area contributed by atoms with Crippen molar-refractivity contribution in [2.24, 2.45) is 0 Å². The monoisotopic (exact) mass is 330 g/mol. The molecule has 1 saturated carbocycles. The van der Waals surface area contributed by atoms with Gasteiger partial charge in [0.1, 0.15) is 11.6 Å². The van der Waals surface area contributed by atoms with Gasteiger partial charge in [-0.25, -0.2) is 9.37 Å². The molecule has 3 aromatic rings. The topological polar surface area (TPSA) is 28.7 Å². The number of hydrogen-bond acceptors (Lipinski definition) is 1. The lowest BCUT2D eigenvalue weighted by molar-refractivity contribution is 0.623. The molecule has 0 aliphatic heterocycles. The summed E-state index contributed by atoms with van der Waals surface area (Å²) in [6.07, 6.45) is 1.10. The Morgan fingerprint density at radius 1 is 1.15 bits per heavy atom. The van der Waals surface area contributed by atoms with Crippen molar-refractivity contribution in [3.63, 3.8) is 0 Å². The van der Waals surface area contributed by atoms with E-state index >= 15 is 0 Å². The Hall–Kier alpha value is -1.68. The molecule has 2 atom stereocenters. The van der Waals surface area contributed by atoms with Crippen molar-refractivity contribution in [1.82, 2.24) is 9.97 Å². The van der Waals surface area contributed by atoms with E-state index in [1.54, 1.807) is 6.07 Å². The van der Waals surface area contributed by atoms with Gasteiger partial charge in [0.15, 0.2) is 0 Å². The number of H-pyrrole nitrogens is 1. The standard InChI is InChI=1S/C16H12BrFN2/c17-12-7-14-15(8-13(12)18)20-16(19-14)11-6-10(11)9-4-2-1-3-5-9/h1-5,7-8,10-11H,6H2,(H,19,20). The van der Waals surface area contributed by atoms with Gasteiger partial charge in [-0.15, -0.1) is 0 Å². The fourth-order valence-corrected chi connectivity index (χ4v) is 3.10. The van der Waals surface area contributed by atoms with Gasteiger partial charge in [0.2, 0.25) is 0 Å². The minimum atomic E-state index is -0.261. The van der Waals surface area contributed by atoms with Gasteiger partial charge in [0.05, 0.1) is 15.5 Å². The summed E-state index contributed by atoms with van der Waals surface area (Å²) in [5, 5.41) is 0. The first kappa shape index (κ1) is 12.1. The fraction of sp³-hybridized carbons (Fsp3) is 0.188. The van der Waals surface area contributed by atoms with E-state index in [2.05, 4.69) is 50.2 Å². The number of nitrogens with one attached hydrogen (secondary N) is 1. The predicted octanol–water partition coefficient (Wildman–Crippen LogP) is 4.74. The van der Waals surface area contributed by atoms with Crippen LogP contribution >= 0.6 is 15.9 Å². The molecule has 0 bridgehead atoms. The number of nitrogens with zero attached hydrogens (tertiary/aromatic N) is 1. The molecule has 1 fully saturated rings. The fourth-order valence-electron chi connectivity index (χ4n) is 2.77. The largest absolute Gasteiger partial charge is 0.342 e. The summed E-state index contributed by atoms with van der Waals surface area (Å²) in [5.74, 6) is 1.66. The Labute approximate surface area is 124 Å². The maximum absolute atomic E-state index is 13.5. The van der Waals surface area contributed by atoms with Gasteiger partial charge >= 0.3 is 0 Å². The number of aromatic nitrogens is 2. The summed E-state index contributed by atoms with van der Waals surface area (Å²) in [6, 6.07) is 13.7. The van der Waals surface area contributed by atoms with Crippen LogP contribution in [0.15, 0.2) is 46.9 Å². The number of halogens is 2. The number of benzene rings is 2. The van der Waals surface area contributed by atoms with Gasteiger partial charge in [-0.3, -0.25) is 0 Å². The summed E-state index contributed by atoms with van der Waals surface area (Å²) < 4.78 is 14.0. The molecule has 0 saturated heterocycles. The van der Waals surface area contributed by atoms with Gasteiger partial charge in [-0.2, -0.15) is 0 Å². The van der Waals surface area contributed by atoms with E-state index in [9.17, 15) is 4.39 Å². The molecule has 1 aliphatic rings. The second-order valence-corrected chi connectivity index (χ2v) is 6.12. The summed E-state index contributed by atoms with van der Waals surface area (Å²) >= 11 is 3.20. The normalized spacial score (nSPS) is 21.3. The van der Waals surface area contributed by atoms with E-state index < -0.39 is 0 Å². The molecule has 0 radical (unpaired) electrons. The van der Waals surface area contributed by atoms with Gasteiger partial charge in [0.25, 0.3) is 0 Å². The van der Waals surface area contributed by atoms with E-state index in [0.29, 0.717) is 16.3 Å². The van der Waals surface area contributed by atoms with Crippen molar-refractivity contribution in [1.29, 1.82) is 0 Å². The lowest BCUT2D eigenvalue weighted by Gasteiger charge is -1.97. The van der Waals surface area contributed by atoms with Gasteiger partial charge in [-0.1, -0.05) is 30.3 Å². The first-order chi connectivity index (χ1) is 9.72. The van der Waals surface area contributed by atoms with Crippen molar-refractivity contribution >= 4 is 27.0 Å². The molecule has 0 amide bonds. The van der Waals surface area contributed by atoms with Crippen molar-refractivity contribution in [3.05, 3.63) is 64.1 Å². The van der Waals surface area contributed by atoms with Gasteiger partial charge in [-0.05, 0) is 39.9 Å². The van der Waals surface area contributed by atoms with Crippen LogP contribution in [-0.4, -0.2) is 9.97 Å². The molecule has 4 heteroatoms. The molecular formula is C16H12BrFN2. The summed E-state index contributed by atoms with van der Waals surface area (Å²) in [7, 11) is 0. The highest BCUT2D eigenvalue weighted by Gasteiger charge is 2.41. The minimum Gasteiger partial charge on any atom is -0.342 e. The molecule has 2 aromatic carbocycles. The van der Waals surface area contributed by atoms with Crippen molar-refractivity contribution in [3.8, 4) is 0 Å². The van der Waals surface area contributed by atoms with Crippen LogP contribution in [0, 0.1) is 5.82 Å². The van der Waals surface area contributed by atoms with E-state index in [4.69, 9.17) is 0 Å². The molecule has 1 aromatic heterocycles. The van der Waals surface area contributed by atoms with Crippen LogP contribution in [-0.2, 0) is 0 Å². The van der Waals surface area contributed by atoms with Crippen molar-refractivity contribution in [2.45, 2.75) is 18.3 Å². The Bertz CT molecular complexity index is 743. The summed E-state index contributed by atoms with van der Waals surface area (Å²) in [4.78, 5) is 7.85. The van der Waals surface area contributed by atoms with E-state index in [-0.39, 0.29) is 5.82 Å². The van der Waals surface area contributed by atoms with Crippen LogP contribution in [0.1, 0.15) is 29.6 Å². The van der Waals surface area contributed by atoms with Crippen molar-refractivity contribution < 1.29 is 4.39 Å². The lowest BCUT2D eigenvalue weighted by Crippen LogP contribution is -1.86. The number of hydrogen-bond donors (Lipinski definition) is 1. The molecule has 1 N–H and O–H groups in total. The second-order valence-electron chi connectivity index (χ2n) is 5.26. The van der Waals surface area contributed by atoms with Crippen LogP contribution in [0.3, 0.4) is 0 Å². The van der Waals surface area contributed by atoms with E-state index in [1.807, 2.05) is 6.07 Å². The first-order valence-electron chi connectivity index (χ1n) is 6.62. The molecule has 1 aliphatic carbocycles. The third-order valence-electron chi connectivity index (χ3n) is 3.91. The zero-order valence-electron chi connectivity index (χ0n) is 10.6. The van der Waals surface area contributed by atoms with Crippen LogP contribution in [0.4, 0.5) is 4.39 Å². The van der Waals surface area contributed by atoms with Gasteiger partial charge < -0.3 is 4.98 Å². The van der Waals surface area contributed by atoms with Crippen LogP contribution in [0.2, 0.25) is 0 Å². The quantitative estimate of drug-likeness (QED) is 0.722. The third kappa shape index (κ3) is 1.95. The second kappa shape index (κ2) is 4.42. The van der Waals surface area contributed by atoms with Crippen LogP contribution in [0.25, 0.3) is 11.0 Å². The molecular weight excluding hydrogens is 319 g/mol. The predicted molar refractivity (Wildman–Crippen MR) is 80.3 cm³/mol. The lowest BCUT2D eigenvalue weighted by atomic mass is 10.1. The van der Waals surface area contributed by atoms with E-state index in [1.165, 1.54) is 11.6 Å². The van der Waals surface area contributed by atoms with E-state index in [0.717, 1.165) is 23.3 Å². The average Bonchev–Trinajstić information content (AvgIpc) is 3.16. The zero-order chi connectivity index (χ0) is 13.7. The first-order valence-corrected chi connectivity index (χ1v) is 7.41. The highest BCUT2D eigenvalue weighted by molar-refractivity contribution is 9.10. The maximum atomic E-state index is 13.5. The third-order valence-corrected chi connectivity index (χ3v) is 4.52. The Balaban J connectivity index is 1.68. The molecule has 20 heavy (non-hydrogen) atoms. The minimum absolute atomic E-state index is 0.261. The van der Waals surface area contributed by atoms with Crippen LogP contribution in [0.5, 0.6) is 0 Å². The maximum Gasteiger partial charge on any atom is 0.139 e. The molecule has 0 spiro atoms. The Kier molecular flexibility index (Phi) is 2.67. The highest BCUT2D eigenvalue weighted by Crippen LogP contribution is 2.53. The summed E-state index contributed by atoms with van der Waals surface area (Å²) in [5.41, 5.74) is 2.93. The van der Waals surface area contributed by atoms with Crippen LogP contribution < -0.4 is 0 Å². The molecule has 2 nitrogen and oxygen atoms in total. The summed E-state index contributed by atoms with van der Waals surface area (Å²) in [6.45, 7) is 0. The number of aromatic amines is 1. The molecule has 4 rings (SSSR count). The average molecular weight is 331 g/mol. The van der Waals surface area contributed by atoms with Gasteiger partial charge in [0, 0.05) is 12.0 Å². The zero-order valence-corrected chi connectivity index (χ0v) is 12.2. The Morgan fingerprint density at radius 3 is 2.75 bits per heavy atom. The smallest absolute Gasteiger partial charge is 0.139 e. The molecule has 1 heterocycles. The molecule has 2 unspecified atom stereocenters. The van der Waals surface area contributed by atoms with Crippen molar-refractivity contribution in [2.75, 3.05) is 0 Å². The number of fused-ring (bicyclic) bond motifs is 1.